The first-order chi connectivity index (χ1) is 12.2. The maximum atomic E-state index is 12.1. The van der Waals surface area contributed by atoms with Gasteiger partial charge in [-0.15, -0.1) is 11.8 Å². The molecular formula is C20H17ClN2OS. The minimum Gasteiger partial charge on any atom is -0.320 e. The Hall–Kier alpha value is -2.22. The molecule has 0 saturated carbocycles. The average Bonchev–Trinajstić information content (AvgIpc) is 2.63. The lowest BCUT2D eigenvalue weighted by molar-refractivity contribution is -0.120. The van der Waals surface area contributed by atoms with Crippen LogP contribution in [0, 0.1) is 11.3 Å². The van der Waals surface area contributed by atoms with E-state index in [0.717, 1.165) is 17.7 Å². The smallest absolute Gasteiger partial charge is 0.225 e. The number of allylic oxidation sites excluding steroid dienone is 1. The van der Waals surface area contributed by atoms with Gasteiger partial charge < -0.3 is 5.32 Å². The third-order valence-corrected chi connectivity index (χ3v) is 5.38. The highest BCUT2D eigenvalue weighted by molar-refractivity contribution is 8.03. The van der Waals surface area contributed by atoms with Crippen molar-refractivity contribution in [1.82, 2.24) is 5.32 Å². The molecule has 2 aromatic carbocycles. The van der Waals surface area contributed by atoms with E-state index in [4.69, 9.17) is 11.6 Å². The largest absolute Gasteiger partial charge is 0.320 e. The second-order valence-electron chi connectivity index (χ2n) is 5.80. The van der Waals surface area contributed by atoms with E-state index in [9.17, 15) is 10.1 Å². The highest BCUT2D eigenvalue weighted by atomic mass is 35.5. The first kappa shape index (κ1) is 17.6. The molecule has 3 nitrogen and oxygen atoms in total. The molecule has 3 rings (SSSR count). The molecule has 5 heteroatoms. The molecule has 0 aromatic heterocycles. The van der Waals surface area contributed by atoms with Crippen LogP contribution in [0.2, 0.25) is 5.02 Å². The van der Waals surface area contributed by atoms with E-state index in [1.54, 1.807) is 12.1 Å². The fourth-order valence-electron chi connectivity index (χ4n) is 2.83. The van der Waals surface area contributed by atoms with Gasteiger partial charge in [-0.05, 0) is 29.7 Å². The Kier molecular flexibility index (Phi) is 5.80. The van der Waals surface area contributed by atoms with Gasteiger partial charge in [-0.1, -0.05) is 54.1 Å². The number of hydrogen-bond acceptors (Lipinski definition) is 3. The van der Waals surface area contributed by atoms with Crippen molar-refractivity contribution in [2.24, 2.45) is 0 Å². The van der Waals surface area contributed by atoms with Crippen LogP contribution < -0.4 is 5.32 Å². The van der Waals surface area contributed by atoms with Gasteiger partial charge in [-0.3, -0.25) is 4.79 Å². The summed E-state index contributed by atoms with van der Waals surface area (Å²) in [6.45, 7) is 0. The molecular weight excluding hydrogens is 352 g/mol. The van der Waals surface area contributed by atoms with Gasteiger partial charge in [0.15, 0.2) is 0 Å². The number of nitriles is 1. The number of nitrogens with one attached hydrogen (secondary N) is 1. The molecule has 126 valence electrons. The number of hydrogen-bond donors (Lipinski definition) is 1. The summed E-state index contributed by atoms with van der Waals surface area (Å²) in [5.41, 5.74) is 2.81. The van der Waals surface area contributed by atoms with Gasteiger partial charge in [0.2, 0.25) is 5.91 Å². The molecule has 0 spiro atoms. The predicted octanol–water partition coefficient (Wildman–Crippen LogP) is 4.65. The molecule has 1 aliphatic rings. The summed E-state index contributed by atoms with van der Waals surface area (Å²) < 4.78 is 0. The predicted molar refractivity (Wildman–Crippen MR) is 102 cm³/mol. The van der Waals surface area contributed by atoms with Gasteiger partial charge >= 0.3 is 0 Å². The Morgan fingerprint density at radius 3 is 2.56 bits per heavy atom. The van der Waals surface area contributed by atoms with Crippen molar-refractivity contribution in [3.05, 3.63) is 81.3 Å². The first-order valence-electron chi connectivity index (χ1n) is 8.03. The number of nitrogens with zero attached hydrogens (tertiary/aromatic N) is 1. The fraction of sp³-hybridized carbons (Fsp3) is 0.200. The van der Waals surface area contributed by atoms with Crippen LogP contribution in [0.3, 0.4) is 0 Å². The topological polar surface area (TPSA) is 52.9 Å². The van der Waals surface area contributed by atoms with Gasteiger partial charge in [0.25, 0.3) is 0 Å². The van der Waals surface area contributed by atoms with E-state index in [1.807, 2.05) is 30.3 Å². The molecule has 0 aliphatic carbocycles. The van der Waals surface area contributed by atoms with E-state index in [1.165, 1.54) is 17.3 Å². The summed E-state index contributed by atoms with van der Waals surface area (Å²) >= 11 is 7.47. The van der Waals surface area contributed by atoms with Crippen LogP contribution in [0.4, 0.5) is 0 Å². The van der Waals surface area contributed by atoms with Crippen LogP contribution >= 0.6 is 23.4 Å². The molecule has 0 unspecified atom stereocenters. The number of benzene rings is 2. The summed E-state index contributed by atoms with van der Waals surface area (Å²) in [6.07, 6.45) is 1.17. The average molecular weight is 369 g/mol. The van der Waals surface area contributed by atoms with Gasteiger partial charge in [0.1, 0.15) is 0 Å². The maximum Gasteiger partial charge on any atom is 0.225 e. The summed E-state index contributed by atoms with van der Waals surface area (Å²) in [5.74, 6) is 0.536. The lowest BCUT2D eigenvalue weighted by Crippen LogP contribution is -2.31. The summed E-state index contributed by atoms with van der Waals surface area (Å²) in [4.78, 5) is 12.1. The fourth-order valence-corrected chi connectivity index (χ4v) is 4.03. The lowest BCUT2D eigenvalue weighted by atomic mass is 9.87. The monoisotopic (exact) mass is 368 g/mol. The molecule has 0 bridgehead atoms. The summed E-state index contributed by atoms with van der Waals surface area (Å²) in [7, 11) is 0. The molecule has 0 fully saturated rings. The Bertz CT molecular complexity index is 825. The maximum absolute atomic E-state index is 12.1. The normalized spacial score (nSPS) is 17.1. The van der Waals surface area contributed by atoms with E-state index < -0.39 is 0 Å². The van der Waals surface area contributed by atoms with Crippen LogP contribution in [-0.4, -0.2) is 11.7 Å². The molecule has 1 N–H and O–H groups in total. The zero-order valence-corrected chi connectivity index (χ0v) is 15.1. The van der Waals surface area contributed by atoms with E-state index in [2.05, 4.69) is 23.5 Å². The molecule has 0 saturated heterocycles. The second-order valence-corrected chi connectivity index (χ2v) is 7.34. The standard InChI is InChI=1S/C20H17ClN2OS/c21-16-8-6-15(7-9-16)17-12-19(24)23-20(18(17)13-22)25-11-10-14-4-2-1-3-5-14/h1-9,17H,10-12H2,(H,23,24)/t17-/m1/s1. The molecule has 0 radical (unpaired) electrons. The number of thioether (sulfide) groups is 1. The third kappa shape index (κ3) is 4.45. The third-order valence-electron chi connectivity index (χ3n) is 4.11. The van der Waals surface area contributed by atoms with E-state index in [-0.39, 0.29) is 18.2 Å². The number of carbonyl (C=O) groups is 1. The molecule has 1 heterocycles. The van der Waals surface area contributed by atoms with Gasteiger partial charge in [-0.2, -0.15) is 5.26 Å². The Labute approximate surface area is 156 Å². The van der Waals surface area contributed by atoms with Crippen LogP contribution in [0.5, 0.6) is 0 Å². The Morgan fingerprint density at radius 2 is 1.88 bits per heavy atom. The van der Waals surface area contributed by atoms with Crippen molar-refractivity contribution in [2.75, 3.05) is 5.75 Å². The molecule has 1 aliphatic heterocycles. The Morgan fingerprint density at radius 1 is 1.16 bits per heavy atom. The number of rotatable bonds is 5. The van der Waals surface area contributed by atoms with Crippen molar-refractivity contribution < 1.29 is 4.79 Å². The minimum atomic E-state index is -0.213. The Balaban J connectivity index is 1.78. The van der Waals surface area contributed by atoms with Gasteiger partial charge in [0.05, 0.1) is 16.7 Å². The van der Waals surface area contributed by atoms with Gasteiger partial charge in [-0.25, -0.2) is 0 Å². The van der Waals surface area contributed by atoms with Crippen LogP contribution in [0.25, 0.3) is 0 Å². The molecule has 25 heavy (non-hydrogen) atoms. The van der Waals surface area contributed by atoms with Crippen LogP contribution in [0.15, 0.2) is 65.2 Å². The van der Waals surface area contributed by atoms with Crippen molar-refractivity contribution in [1.29, 1.82) is 5.26 Å². The van der Waals surface area contributed by atoms with Crippen molar-refractivity contribution in [3.8, 4) is 6.07 Å². The summed E-state index contributed by atoms with van der Waals surface area (Å²) in [6, 6.07) is 19.8. The first-order valence-corrected chi connectivity index (χ1v) is 9.40. The number of aryl methyl sites for hydroxylation is 1. The number of amides is 1. The quantitative estimate of drug-likeness (QED) is 0.835. The molecule has 1 atom stereocenters. The SMILES string of the molecule is N#CC1=C(SCCc2ccccc2)NC(=O)C[C@@H]1c1ccc(Cl)cc1. The van der Waals surface area contributed by atoms with E-state index >= 15 is 0 Å². The highest BCUT2D eigenvalue weighted by Crippen LogP contribution is 2.36. The lowest BCUT2D eigenvalue weighted by Gasteiger charge is -2.25. The van der Waals surface area contributed by atoms with Crippen LogP contribution in [-0.2, 0) is 11.2 Å². The van der Waals surface area contributed by atoms with Crippen molar-refractivity contribution in [3.63, 3.8) is 0 Å². The van der Waals surface area contributed by atoms with Crippen molar-refractivity contribution in [2.45, 2.75) is 18.8 Å². The van der Waals surface area contributed by atoms with E-state index in [0.29, 0.717) is 15.6 Å². The zero-order valence-electron chi connectivity index (χ0n) is 13.5. The zero-order chi connectivity index (χ0) is 17.6. The van der Waals surface area contributed by atoms with Crippen LogP contribution in [0.1, 0.15) is 23.5 Å². The minimum absolute atomic E-state index is 0.0545. The summed E-state index contributed by atoms with van der Waals surface area (Å²) in [5, 5.41) is 13.8. The molecule has 2 aromatic rings. The van der Waals surface area contributed by atoms with Gasteiger partial charge in [0, 0.05) is 23.1 Å². The number of halogens is 1. The second kappa shape index (κ2) is 8.24. The molecule has 1 amide bonds. The highest BCUT2D eigenvalue weighted by Gasteiger charge is 2.29. The number of carbonyl (C=O) groups excluding carboxylic acids is 1. The van der Waals surface area contributed by atoms with Crippen molar-refractivity contribution >= 4 is 29.3 Å².